The summed E-state index contributed by atoms with van der Waals surface area (Å²) < 4.78 is 26.1. The summed E-state index contributed by atoms with van der Waals surface area (Å²) in [4.78, 5) is 17.5. The third kappa shape index (κ3) is 4.50. The Balaban J connectivity index is 1.67. The molecule has 5 nitrogen and oxygen atoms in total. The first-order chi connectivity index (χ1) is 15.0. The van der Waals surface area contributed by atoms with E-state index < -0.39 is 11.7 Å². The number of ether oxygens (including phenoxy) is 2. The number of halogens is 3. The van der Waals surface area contributed by atoms with Crippen LogP contribution in [0.2, 0.25) is 10.0 Å². The van der Waals surface area contributed by atoms with E-state index in [9.17, 15) is 9.18 Å². The smallest absolute Gasteiger partial charge is 0.266 e. The summed E-state index contributed by atoms with van der Waals surface area (Å²) >= 11 is 13.2. The zero-order chi connectivity index (χ0) is 22.0. The van der Waals surface area contributed by atoms with Crippen molar-refractivity contribution in [1.29, 1.82) is 0 Å². The lowest BCUT2D eigenvalue weighted by molar-refractivity contribution is 0.102. The van der Waals surface area contributed by atoms with E-state index >= 15 is 0 Å². The first-order valence-corrected chi connectivity index (χ1v) is 10.6. The summed E-state index contributed by atoms with van der Waals surface area (Å²) in [7, 11) is 1.50. The van der Waals surface area contributed by atoms with Crippen LogP contribution in [-0.2, 0) is 11.3 Å². The molecule has 158 valence electrons. The molecular weight excluding hydrogens is 462 g/mol. The largest absolute Gasteiger partial charge is 0.435 e. The molecule has 0 saturated carbocycles. The van der Waals surface area contributed by atoms with Gasteiger partial charge in [0.25, 0.3) is 5.91 Å². The van der Waals surface area contributed by atoms with Gasteiger partial charge in [0.1, 0.15) is 10.8 Å². The second-order valence-electron chi connectivity index (χ2n) is 6.45. The van der Waals surface area contributed by atoms with Crippen molar-refractivity contribution in [3.63, 3.8) is 0 Å². The maximum atomic E-state index is 14.4. The van der Waals surface area contributed by atoms with Crippen LogP contribution in [0.5, 0.6) is 11.6 Å². The van der Waals surface area contributed by atoms with Crippen LogP contribution in [0.1, 0.15) is 15.2 Å². The predicted molar refractivity (Wildman–Crippen MR) is 121 cm³/mol. The van der Waals surface area contributed by atoms with Crippen molar-refractivity contribution in [2.24, 2.45) is 0 Å². The van der Waals surface area contributed by atoms with Crippen molar-refractivity contribution >= 4 is 56.2 Å². The van der Waals surface area contributed by atoms with Gasteiger partial charge >= 0.3 is 0 Å². The molecule has 0 saturated heterocycles. The number of carbonyl (C=O) groups excluding carboxylic acids is 1. The Morgan fingerprint density at radius 2 is 2.00 bits per heavy atom. The molecule has 0 aliphatic carbocycles. The molecule has 0 atom stereocenters. The summed E-state index contributed by atoms with van der Waals surface area (Å²) in [6.07, 6.45) is 1.41. The number of para-hydroxylation sites is 2. The van der Waals surface area contributed by atoms with Gasteiger partial charge in [0, 0.05) is 29.0 Å². The second-order valence-corrected chi connectivity index (χ2v) is 8.34. The van der Waals surface area contributed by atoms with Crippen LogP contribution >= 0.6 is 34.5 Å². The molecule has 0 bridgehead atoms. The minimum Gasteiger partial charge on any atom is -0.435 e. The first kappa shape index (κ1) is 21.5. The minimum absolute atomic E-state index is 0.103. The Morgan fingerprint density at radius 1 is 1.19 bits per heavy atom. The molecule has 0 radical (unpaired) electrons. The normalized spacial score (nSPS) is 11.0. The van der Waals surface area contributed by atoms with E-state index in [4.69, 9.17) is 32.7 Å². The van der Waals surface area contributed by atoms with E-state index in [-0.39, 0.29) is 17.5 Å². The quantitative estimate of drug-likeness (QED) is 0.327. The molecule has 4 aromatic rings. The highest BCUT2D eigenvalue weighted by molar-refractivity contribution is 7.21. The van der Waals surface area contributed by atoms with Crippen LogP contribution in [0.25, 0.3) is 10.1 Å². The molecule has 4 rings (SSSR count). The molecule has 0 aliphatic rings. The van der Waals surface area contributed by atoms with E-state index in [1.807, 2.05) is 0 Å². The summed E-state index contributed by atoms with van der Waals surface area (Å²) in [5, 5.41) is 3.83. The van der Waals surface area contributed by atoms with Gasteiger partial charge in [0.15, 0.2) is 5.75 Å². The van der Waals surface area contributed by atoms with Crippen LogP contribution in [0.15, 0.2) is 54.7 Å². The SMILES string of the molecule is COCc1c(C(=O)Nc2ccccc2Oc2ncc(Cl)cc2Cl)sc2cccc(F)c12. The van der Waals surface area contributed by atoms with E-state index in [0.29, 0.717) is 37.0 Å². The second kappa shape index (κ2) is 9.20. The summed E-state index contributed by atoms with van der Waals surface area (Å²) in [5.74, 6) is -0.309. The number of benzene rings is 2. The minimum atomic E-state index is -0.404. The van der Waals surface area contributed by atoms with Crippen LogP contribution in [0, 0.1) is 5.82 Å². The average molecular weight is 477 g/mol. The van der Waals surface area contributed by atoms with Crippen molar-refractivity contribution < 1.29 is 18.7 Å². The molecule has 2 aromatic carbocycles. The summed E-state index contributed by atoms with van der Waals surface area (Å²) in [6.45, 7) is 0.103. The number of rotatable bonds is 6. The van der Waals surface area contributed by atoms with E-state index in [2.05, 4.69) is 10.3 Å². The number of nitrogens with one attached hydrogen (secondary N) is 1. The molecule has 0 fully saturated rings. The standard InChI is InChI=1S/C22H15Cl2FN2O3S/c1-29-11-13-19-15(25)5-4-8-18(19)31-20(13)21(28)27-16-6-2-3-7-17(16)30-22-14(24)9-12(23)10-26-22/h2-10H,11H2,1H3,(H,27,28). The van der Waals surface area contributed by atoms with Crippen LogP contribution in [0.4, 0.5) is 10.1 Å². The number of methoxy groups -OCH3 is 1. The predicted octanol–water partition coefficient (Wildman–Crippen LogP) is 6.93. The monoisotopic (exact) mass is 476 g/mol. The molecule has 9 heteroatoms. The van der Waals surface area contributed by atoms with Gasteiger partial charge < -0.3 is 14.8 Å². The highest BCUT2D eigenvalue weighted by atomic mass is 35.5. The van der Waals surface area contributed by atoms with Crippen molar-refractivity contribution in [1.82, 2.24) is 4.98 Å². The fraction of sp³-hybridized carbons (Fsp3) is 0.0909. The lowest BCUT2D eigenvalue weighted by Gasteiger charge is -2.12. The third-order valence-electron chi connectivity index (χ3n) is 4.37. The molecule has 0 aliphatic heterocycles. The highest BCUT2D eigenvalue weighted by Crippen LogP contribution is 2.36. The van der Waals surface area contributed by atoms with Gasteiger partial charge in [-0.15, -0.1) is 11.3 Å². The first-order valence-electron chi connectivity index (χ1n) is 9.06. The summed E-state index contributed by atoms with van der Waals surface area (Å²) in [6, 6.07) is 13.1. The third-order valence-corrected chi connectivity index (χ3v) is 6.05. The van der Waals surface area contributed by atoms with E-state index in [1.54, 1.807) is 36.4 Å². The van der Waals surface area contributed by atoms with Gasteiger partial charge in [0.2, 0.25) is 5.88 Å². The van der Waals surface area contributed by atoms with Gasteiger partial charge in [-0.2, -0.15) is 0 Å². The van der Waals surface area contributed by atoms with Crippen molar-refractivity contribution in [3.05, 3.63) is 81.0 Å². The van der Waals surface area contributed by atoms with Crippen molar-refractivity contribution in [3.8, 4) is 11.6 Å². The van der Waals surface area contributed by atoms with Gasteiger partial charge in [0.05, 0.1) is 22.2 Å². The lowest BCUT2D eigenvalue weighted by atomic mass is 10.1. The van der Waals surface area contributed by atoms with Crippen LogP contribution in [-0.4, -0.2) is 18.0 Å². The van der Waals surface area contributed by atoms with Gasteiger partial charge in [-0.3, -0.25) is 4.79 Å². The maximum absolute atomic E-state index is 14.4. The number of hydrogen-bond acceptors (Lipinski definition) is 5. The van der Waals surface area contributed by atoms with Gasteiger partial charge in [-0.05, 0) is 30.3 Å². The molecule has 1 amide bonds. The number of thiophene rings is 1. The van der Waals surface area contributed by atoms with Crippen LogP contribution < -0.4 is 10.1 Å². The van der Waals surface area contributed by atoms with Gasteiger partial charge in [-0.1, -0.05) is 41.4 Å². The number of hydrogen-bond donors (Lipinski definition) is 1. The molecule has 0 unspecified atom stereocenters. The van der Waals surface area contributed by atoms with Crippen molar-refractivity contribution in [2.45, 2.75) is 6.61 Å². The molecule has 0 spiro atoms. The Bertz CT molecular complexity index is 1280. The van der Waals surface area contributed by atoms with E-state index in [0.717, 1.165) is 0 Å². The molecule has 2 heterocycles. The molecule has 2 aromatic heterocycles. The Kier molecular flexibility index (Phi) is 6.38. The Morgan fingerprint density at radius 3 is 2.77 bits per heavy atom. The number of pyridine rings is 1. The molecular formula is C22H15Cl2FN2O3S. The molecule has 31 heavy (non-hydrogen) atoms. The fourth-order valence-electron chi connectivity index (χ4n) is 3.05. The van der Waals surface area contributed by atoms with Crippen LogP contribution in [0.3, 0.4) is 0 Å². The number of amides is 1. The number of anilines is 1. The zero-order valence-electron chi connectivity index (χ0n) is 16.1. The number of fused-ring (bicyclic) bond motifs is 1. The highest BCUT2D eigenvalue weighted by Gasteiger charge is 2.22. The lowest BCUT2D eigenvalue weighted by Crippen LogP contribution is -2.13. The zero-order valence-corrected chi connectivity index (χ0v) is 18.4. The maximum Gasteiger partial charge on any atom is 0.266 e. The number of nitrogens with zero attached hydrogens (tertiary/aromatic N) is 1. The topological polar surface area (TPSA) is 60.5 Å². The van der Waals surface area contributed by atoms with Gasteiger partial charge in [-0.25, -0.2) is 9.37 Å². The van der Waals surface area contributed by atoms with E-state index in [1.165, 1.54) is 36.8 Å². The molecule has 1 N–H and O–H groups in total. The van der Waals surface area contributed by atoms with Crippen molar-refractivity contribution in [2.75, 3.05) is 12.4 Å². The fourth-order valence-corrected chi connectivity index (χ4v) is 4.59. The number of aromatic nitrogens is 1. The Hall–Kier alpha value is -2.71. The Labute approximate surface area is 191 Å². The number of carbonyl (C=O) groups is 1. The summed E-state index contributed by atoms with van der Waals surface area (Å²) in [5.41, 5.74) is 0.903. The average Bonchev–Trinajstić information content (AvgIpc) is 3.11.